The number of urea groups is 1. The van der Waals surface area contributed by atoms with Crippen molar-refractivity contribution in [3.8, 4) is 0 Å². The average molecular weight is 346 g/mol. The van der Waals surface area contributed by atoms with Crippen molar-refractivity contribution in [2.75, 3.05) is 26.2 Å². The summed E-state index contributed by atoms with van der Waals surface area (Å²) in [6.45, 7) is 5.04. The molecule has 0 spiro atoms. The summed E-state index contributed by atoms with van der Waals surface area (Å²) < 4.78 is 33.9. The van der Waals surface area contributed by atoms with Gasteiger partial charge in [-0.15, -0.1) is 0 Å². The summed E-state index contributed by atoms with van der Waals surface area (Å²) in [5.74, 6) is 0. The Balaban J connectivity index is 1.48. The molecule has 0 aromatic carbocycles. The lowest BCUT2D eigenvalue weighted by molar-refractivity contribution is 0.0964. The second-order valence-corrected chi connectivity index (χ2v) is 8.53. The zero-order valence-electron chi connectivity index (χ0n) is 13.7. The van der Waals surface area contributed by atoms with E-state index in [1.54, 1.807) is 18.7 Å². The lowest BCUT2D eigenvalue weighted by Crippen LogP contribution is -2.57. The molecule has 0 saturated carbocycles. The van der Waals surface area contributed by atoms with Crippen molar-refractivity contribution in [3.63, 3.8) is 0 Å². The summed E-state index contributed by atoms with van der Waals surface area (Å²) >= 11 is 0. The molecule has 2 amide bonds. The zero-order valence-corrected chi connectivity index (χ0v) is 14.5. The minimum atomic E-state index is -3.46. The molecule has 0 aliphatic carbocycles. The Kier molecular flexibility index (Phi) is 4.82. The van der Waals surface area contributed by atoms with Crippen LogP contribution in [0.4, 0.5) is 4.79 Å². The molecule has 23 heavy (non-hydrogen) atoms. The Labute approximate surface area is 137 Å². The third-order valence-corrected chi connectivity index (χ3v) is 6.48. The molecule has 2 N–H and O–H groups in total. The van der Waals surface area contributed by atoms with Crippen LogP contribution in [0.5, 0.6) is 0 Å². The summed E-state index contributed by atoms with van der Waals surface area (Å²) in [6.07, 6.45) is 3.46. The second-order valence-electron chi connectivity index (χ2n) is 6.83. The number of ether oxygens (including phenoxy) is 1. The van der Waals surface area contributed by atoms with Gasteiger partial charge >= 0.3 is 6.03 Å². The smallest absolute Gasteiger partial charge is 0.317 e. The highest BCUT2D eigenvalue weighted by Crippen LogP contribution is 2.34. The first kappa shape index (κ1) is 16.9. The van der Waals surface area contributed by atoms with Crippen LogP contribution in [0.25, 0.3) is 0 Å². The van der Waals surface area contributed by atoms with Gasteiger partial charge in [0, 0.05) is 32.2 Å². The van der Waals surface area contributed by atoms with Gasteiger partial charge in [-0.05, 0) is 33.1 Å². The first-order chi connectivity index (χ1) is 10.8. The van der Waals surface area contributed by atoms with Crippen LogP contribution in [0, 0.1) is 0 Å². The highest BCUT2D eigenvalue weighted by Gasteiger charge is 2.42. The maximum absolute atomic E-state index is 12.3. The lowest BCUT2D eigenvalue weighted by Gasteiger charge is -2.35. The maximum atomic E-state index is 12.3. The number of piperazine rings is 1. The number of nitrogens with one attached hydrogen (secondary N) is 2. The number of hydrogen-bond acceptors (Lipinski definition) is 4. The van der Waals surface area contributed by atoms with E-state index in [1.165, 1.54) is 4.31 Å². The van der Waals surface area contributed by atoms with E-state index in [0.29, 0.717) is 32.3 Å². The predicted molar refractivity (Wildman–Crippen MR) is 85.2 cm³/mol. The van der Waals surface area contributed by atoms with Gasteiger partial charge in [0.15, 0.2) is 0 Å². The van der Waals surface area contributed by atoms with Gasteiger partial charge in [-0.2, -0.15) is 17.4 Å². The fraction of sp³-hybridized carbons (Fsp3) is 0.929. The number of hydrogen-bond donors (Lipinski definition) is 2. The molecule has 132 valence electrons. The van der Waals surface area contributed by atoms with Crippen LogP contribution in [-0.4, -0.2) is 74.1 Å². The largest absolute Gasteiger partial charge is 0.373 e. The van der Waals surface area contributed by atoms with Gasteiger partial charge < -0.3 is 15.0 Å². The van der Waals surface area contributed by atoms with Crippen LogP contribution < -0.4 is 10.0 Å². The van der Waals surface area contributed by atoms with Crippen molar-refractivity contribution >= 4 is 16.2 Å². The number of fused-ring (bicyclic) bond motifs is 2. The van der Waals surface area contributed by atoms with Gasteiger partial charge in [0.1, 0.15) is 0 Å². The van der Waals surface area contributed by atoms with Gasteiger partial charge in [-0.1, -0.05) is 0 Å². The summed E-state index contributed by atoms with van der Waals surface area (Å²) in [5, 5.41) is 3.04. The van der Waals surface area contributed by atoms with E-state index in [2.05, 4.69) is 10.0 Å². The van der Waals surface area contributed by atoms with E-state index in [4.69, 9.17) is 4.74 Å². The highest BCUT2D eigenvalue weighted by atomic mass is 32.2. The Morgan fingerprint density at radius 1 is 1.17 bits per heavy atom. The van der Waals surface area contributed by atoms with Crippen LogP contribution in [0.3, 0.4) is 0 Å². The maximum Gasteiger partial charge on any atom is 0.317 e. The summed E-state index contributed by atoms with van der Waals surface area (Å²) in [7, 11) is -3.46. The molecule has 8 nitrogen and oxygen atoms in total. The fourth-order valence-electron chi connectivity index (χ4n) is 3.54. The molecule has 0 aromatic rings. The fourth-order valence-corrected chi connectivity index (χ4v) is 4.93. The summed E-state index contributed by atoms with van der Waals surface area (Å²) in [4.78, 5) is 14.0. The molecular weight excluding hydrogens is 320 g/mol. The molecule has 0 unspecified atom stereocenters. The van der Waals surface area contributed by atoms with E-state index in [1.807, 2.05) is 0 Å². The molecule has 3 atom stereocenters. The molecule has 3 aliphatic rings. The van der Waals surface area contributed by atoms with Crippen LogP contribution >= 0.6 is 0 Å². The molecule has 3 rings (SSSR count). The standard InChI is InChI=1S/C14H26N4O4S/c1-10(2)16-23(20,21)18-7-5-17(6-8-18)14(19)15-12-9-11-3-4-13(12)22-11/h10-13,16H,3-9H2,1-2H3,(H,15,19)/t11-,12-,13+/m1/s1. The monoisotopic (exact) mass is 346 g/mol. The lowest BCUT2D eigenvalue weighted by atomic mass is 9.96. The molecule has 3 saturated heterocycles. The van der Waals surface area contributed by atoms with Crippen molar-refractivity contribution in [3.05, 3.63) is 0 Å². The topological polar surface area (TPSA) is 91.0 Å². The molecule has 9 heteroatoms. The SMILES string of the molecule is CC(C)NS(=O)(=O)N1CCN(C(=O)N[C@@H]2C[C@H]3CC[C@@H]2O3)CC1. The van der Waals surface area contributed by atoms with Crippen LogP contribution in [0.2, 0.25) is 0 Å². The molecule has 0 radical (unpaired) electrons. The number of rotatable bonds is 4. The molecule has 3 heterocycles. The minimum absolute atomic E-state index is 0.102. The number of carbonyl (C=O) groups excluding carboxylic acids is 1. The minimum Gasteiger partial charge on any atom is -0.373 e. The van der Waals surface area contributed by atoms with Crippen LogP contribution in [0.1, 0.15) is 33.1 Å². The van der Waals surface area contributed by atoms with Crippen molar-refractivity contribution in [1.82, 2.24) is 19.2 Å². The van der Waals surface area contributed by atoms with Gasteiger partial charge in [-0.3, -0.25) is 0 Å². The molecule has 3 fully saturated rings. The summed E-state index contributed by atoms with van der Waals surface area (Å²) in [5.41, 5.74) is 0. The third-order valence-electron chi connectivity index (χ3n) is 4.67. The number of amides is 2. The second kappa shape index (κ2) is 6.54. The Bertz CT molecular complexity index is 545. The average Bonchev–Trinajstić information content (AvgIpc) is 3.08. The first-order valence-corrected chi connectivity index (χ1v) is 9.77. The van der Waals surface area contributed by atoms with E-state index in [-0.39, 0.29) is 24.2 Å². The van der Waals surface area contributed by atoms with Crippen LogP contribution in [0.15, 0.2) is 0 Å². The Morgan fingerprint density at radius 3 is 2.39 bits per heavy atom. The predicted octanol–water partition coefficient (Wildman–Crippen LogP) is -0.124. The Morgan fingerprint density at radius 2 is 1.87 bits per heavy atom. The molecule has 2 bridgehead atoms. The molecule has 0 aromatic heterocycles. The van der Waals surface area contributed by atoms with Crippen molar-refractivity contribution in [2.24, 2.45) is 0 Å². The van der Waals surface area contributed by atoms with E-state index < -0.39 is 10.2 Å². The molecular formula is C14H26N4O4S. The Hall–Kier alpha value is -0.900. The molecule has 3 aliphatic heterocycles. The van der Waals surface area contributed by atoms with Gasteiger partial charge in [0.25, 0.3) is 10.2 Å². The van der Waals surface area contributed by atoms with Crippen molar-refractivity contribution in [1.29, 1.82) is 0 Å². The van der Waals surface area contributed by atoms with Gasteiger partial charge in [0.2, 0.25) is 0 Å². The zero-order chi connectivity index (χ0) is 16.6. The van der Waals surface area contributed by atoms with Crippen molar-refractivity contribution < 1.29 is 17.9 Å². The van der Waals surface area contributed by atoms with E-state index >= 15 is 0 Å². The quantitative estimate of drug-likeness (QED) is 0.742. The first-order valence-electron chi connectivity index (χ1n) is 8.33. The number of carbonyl (C=O) groups is 1. The van der Waals surface area contributed by atoms with Gasteiger partial charge in [-0.25, -0.2) is 4.79 Å². The van der Waals surface area contributed by atoms with Crippen molar-refractivity contribution in [2.45, 2.75) is 57.4 Å². The third kappa shape index (κ3) is 3.78. The van der Waals surface area contributed by atoms with E-state index in [0.717, 1.165) is 19.3 Å². The summed E-state index contributed by atoms with van der Waals surface area (Å²) in [6, 6.07) is -0.148. The van der Waals surface area contributed by atoms with Gasteiger partial charge in [0.05, 0.1) is 18.2 Å². The number of nitrogens with zero attached hydrogens (tertiary/aromatic N) is 2. The van der Waals surface area contributed by atoms with Crippen LogP contribution in [-0.2, 0) is 14.9 Å². The normalized spacial score (nSPS) is 31.8. The van der Waals surface area contributed by atoms with E-state index in [9.17, 15) is 13.2 Å². The highest BCUT2D eigenvalue weighted by molar-refractivity contribution is 7.87.